The van der Waals surface area contributed by atoms with Gasteiger partial charge in [0.1, 0.15) is 6.54 Å². The summed E-state index contributed by atoms with van der Waals surface area (Å²) in [5.74, 6) is -0.00165. The topological polar surface area (TPSA) is 37.9 Å². The zero-order valence-corrected chi connectivity index (χ0v) is 17.6. The fraction of sp³-hybridized carbons (Fsp3) is 0.231. The summed E-state index contributed by atoms with van der Waals surface area (Å²) >= 11 is 0. The fourth-order valence-electron chi connectivity index (χ4n) is 4.01. The van der Waals surface area contributed by atoms with E-state index in [2.05, 4.69) is 78.3 Å². The lowest BCUT2D eigenvalue weighted by Gasteiger charge is -2.13. The van der Waals surface area contributed by atoms with Crippen LogP contribution in [0.1, 0.15) is 30.5 Å². The number of carbonyl (C=O) groups excluding carboxylic acids is 1. The van der Waals surface area contributed by atoms with E-state index < -0.39 is 0 Å². The van der Waals surface area contributed by atoms with Gasteiger partial charge in [-0.1, -0.05) is 74.5 Å². The first-order valence-corrected chi connectivity index (χ1v) is 10.6. The molecule has 0 radical (unpaired) electrons. The number of fused-ring (bicyclic) bond motifs is 1. The van der Waals surface area contributed by atoms with Gasteiger partial charge in [-0.3, -0.25) is 4.79 Å². The second kappa shape index (κ2) is 8.95. The number of hydrogen-bond acceptors (Lipinski definition) is 1. The van der Waals surface area contributed by atoms with Gasteiger partial charge in [0.2, 0.25) is 6.33 Å². The van der Waals surface area contributed by atoms with Crippen LogP contribution in [0.3, 0.4) is 0 Å². The third-order valence-electron chi connectivity index (χ3n) is 5.55. The van der Waals surface area contributed by atoms with Crippen molar-refractivity contribution in [3.8, 4) is 0 Å². The summed E-state index contributed by atoms with van der Waals surface area (Å²) in [7, 11) is 0. The third kappa shape index (κ3) is 4.13. The molecular weight excluding hydrogens is 370 g/mol. The van der Waals surface area contributed by atoms with Gasteiger partial charge in [0.05, 0.1) is 0 Å². The molecule has 0 fully saturated rings. The Kier molecular flexibility index (Phi) is 5.94. The molecule has 1 N–H and O–H groups in total. The molecule has 4 heteroatoms. The van der Waals surface area contributed by atoms with Gasteiger partial charge >= 0.3 is 0 Å². The molecule has 0 aliphatic rings. The molecule has 4 aromatic rings. The van der Waals surface area contributed by atoms with Crippen molar-refractivity contribution in [1.29, 1.82) is 0 Å². The third-order valence-corrected chi connectivity index (χ3v) is 5.55. The summed E-state index contributed by atoms with van der Waals surface area (Å²) in [6, 6.07) is 24.9. The highest BCUT2D eigenvalue weighted by Crippen LogP contribution is 2.23. The average molecular weight is 399 g/mol. The van der Waals surface area contributed by atoms with Crippen LogP contribution in [0.2, 0.25) is 0 Å². The quantitative estimate of drug-likeness (QED) is 0.449. The molecule has 0 bridgehead atoms. The number of amides is 1. The first-order chi connectivity index (χ1) is 14.7. The monoisotopic (exact) mass is 398 g/mol. The number of anilines is 1. The van der Waals surface area contributed by atoms with Crippen molar-refractivity contribution < 1.29 is 9.36 Å². The number of aromatic nitrogens is 2. The van der Waals surface area contributed by atoms with Crippen molar-refractivity contribution in [3.63, 3.8) is 0 Å². The SMILES string of the molecule is CCc1cccc(CC)c1NC(=O)Cn1c[n+](Cc2ccccc2)c2ccccc21. The molecule has 4 nitrogen and oxygen atoms in total. The Bertz CT molecular complexity index is 1140. The molecule has 1 heterocycles. The predicted octanol–water partition coefficient (Wildman–Crippen LogP) is 4.74. The molecule has 1 amide bonds. The summed E-state index contributed by atoms with van der Waals surface area (Å²) in [5, 5.41) is 3.18. The van der Waals surface area contributed by atoms with Crippen LogP contribution in [-0.2, 0) is 30.7 Å². The average Bonchev–Trinajstić information content (AvgIpc) is 3.11. The second-order valence-electron chi connectivity index (χ2n) is 7.55. The molecule has 30 heavy (non-hydrogen) atoms. The van der Waals surface area contributed by atoms with E-state index in [-0.39, 0.29) is 12.5 Å². The molecule has 4 rings (SSSR count). The molecule has 0 unspecified atom stereocenters. The number of benzene rings is 3. The number of rotatable bonds is 7. The minimum absolute atomic E-state index is 0.00165. The Morgan fingerprint density at radius 1 is 0.867 bits per heavy atom. The maximum atomic E-state index is 13.0. The number of hydrogen-bond donors (Lipinski definition) is 1. The lowest BCUT2D eigenvalue weighted by molar-refractivity contribution is -0.663. The summed E-state index contributed by atoms with van der Waals surface area (Å²) < 4.78 is 4.24. The van der Waals surface area contributed by atoms with Crippen molar-refractivity contribution in [1.82, 2.24) is 4.57 Å². The van der Waals surface area contributed by atoms with Crippen molar-refractivity contribution in [2.75, 3.05) is 5.32 Å². The van der Waals surface area contributed by atoms with E-state index in [1.807, 2.05) is 29.1 Å². The van der Waals surface area contributed by atoms with Crippen LogP contribution in [0.25, 0.3) is 11.0 Å². The Morgan fingerprint density at radius 3 is 2.23 bits per heavy atom. The van der Waals surface area contributed by atoms with Crippen LogP contribution in [0.15, 0.2) is 79.1 Å². The van der Waals surface area contributed by atoms with E-state index in [0.717, 1.165) is 36.1 Å². The molecular formula is C26H28N3O+. The van der Waals surface area contributed by atoms with Crippen LogP contribution >= 0.6 is 0 Å². The zero-order valence-electron chi connectivity index (χ0n) is 17.6. The summed E-state index contributed by atoms with van der Waals surface area (Å²) in [4.78, 5) is 13.0. The van der Waals surface area contributed by atoms with Crippen molar-refractivity contribution >= 4 is 22.6 Å². The normalized spacial score (nSPS) is 11.0. The van der Waals surface area contributed by atoms with Crippen LogP contribution in [0, 0.1) is 0 Å². The molecule has 0 aliphatic heterocycles. The van der Waals surface area contributed by atoms with Crippen molar-refractivity contribution in [2.24, 2.45) is 0 Å². The first-order valence-electron chi connectivity index (χ1n) is 10.6. The maximum absolute atomic E-state index is 13.0. The molecule has 0 spiro atoms. The van der Waals surface area contributed by atoms with Gasteiger partial charge in [0.15, 0.2) is 17.6 Å². The van der Waals surface area contributed by atoms with Crippen LogP contribution in [-0.4, -0.2) is 10.5 Å². The van der Waals surface area contributed by atoms with Gasteiger partial charge in [0.25, 0.3) is 5.91 Å². The highest BCUT2D eigenvalue weighted by Gasteiger charge is 2.19. The smallest absolute Gasteiger partial charge is 0.266 e. The van der Waals surface area contributed by atoms with E-state index in [0.29, 0.717) is 0 Å². The number of imidazole rings is 1. The molecule has 0 saturated carbocycles. The number of nitrogens with zero attached hydrogens (tertiary/aromatic N) is 2. The lowest BCUT2D eigenvalue weighted by atomic mass is 10.0. The largest absolute Gasteiger partial charge is 0.322 e. The van der Waals surface area contributed by atoms with Crippen LogP contribution in [0.4, 0.5) is 5.69 Å². The Hall–Kier alpha value is -3.40. The number of para-hydroxylation sites is 3. The van der Waals surface area contributed by atoms with E-state index >= 15 is 0 Å². The standard InChI is InChI=1S/C26H27N3O/c1-3-21-13-10-14-22(4-2)26(21)27-25(30)18-29-19-28(17-20-11-6-5-7-12-20)23-15-8-9-16-24(23)29/h5-16,19H,3-4,17-18H2,1-2H3/p+1. The summed E-state index contributed by atoms with van der Waals surface area (Å²) in [6.07, 6.45) is 3.84. The Labute approximate surface area is 177 Å². The summed E-state index contributed by atoms with van der Waals surface area (Å²) in [6.45, 7) is 5.30. The van der Waals surface area contributed by atoms with Gasteiger partial charge in [-0.05, 0) is 41.7 Å². The van der Waals surface area contributed by atoms with Gasteiger partial charge in [-0.2, -0.15) is 0 Å². The molecule has 1 aromatic heterocycles. The van der Waals surface area contributed by atoms with Crippen molar-refractivity contribution in [2.45, 2.75) is 39.8 Å². The van der Waals surface area contributed by atoms with Gasteiger partial charge in [0, 0.05) is 5.69 Å². The zero-order chi connectivity index (χ0) is 20.9. The fourth-order valence-corrected chi connectivity index (χ4v) is 4.01. The Morgan fingerprint density at radius 2 is 1.53 bits per heavy atom. The van der Waals surface area contributed by atoms with Crippen LogP contribution < -0.4 is 9.88 Å². The van der Waals surface area contributed by atoms with Gasteiger partial charge < -0.3 is 5.32 Å². The highest BCUT2D eigenvalue weighted by atomic mass is 16.1. The molecule has 0 atom stereocenters. The molecule has 152 valence electrons. The summed E-state index contributed by atoms with van der Waals surface area (Å²) in [5.41, 5.74) is 6.75. The van der Waals surface area contributed by atoms with E-state index in [1.165, 1.54) is 16.7 Å². The second-order valence-corrected chi connectivity index (χ2v) is 7.55. The van der Waals surface area contributed by atoms with E-state index in [9.17, 15) is 4.79 Å². The molecule has 0 aliphatic carbocycles. The lowest BCUT2D eigenvalue weighted by Crippen LogP contribution is -2.33. The number of aryl methyl sites for hydroxylation is 2. The van der Waals surface area contributed by atoms with Gasteiger partial charge in [-0.25, -0.2) is 9.13 Å². The predicted molar refractivity (Wildman–Crippen MR) is 122 cm³/mol. The minimum atomic E-state index is -0.00165. The minimum Gasteiger partial charge on any atom is -0.322 e. The molecule has 3 aromatic carbocycles. The highest BCUT2D eigenvalue weighted by molar-refractivity contribution is 5.93. The first kappa shape index (κ1) is 19.9. The van der Waals surface area contributed by atoms with Gasteiger partial charge in [-0.15, -0.1) is 0 Å². The van der Waals surface area contributed by atoms with Crippen LogP contribution in [0.5, 0.6) is 0 Å². The maximum Gasteiger partial charge on any atom is 0.266 e. The van der Waals surface area contributed by atoms with E-state index in [4.69, 9.17) is 0 Å². The molecule has 0 saturated heterocycles. The Balaban J connectivity index is 1.61. The van der Waals surface area contributed by atoms with Crippen molar-refractivity contribution in [3.05, 3.63) is 95.8 Å². The number of carbonyl (C=O) groups is 1. The van der Waals surface area contributed by atoms with E-state index in [1.54, 1.807) is 0 Å². The number of nitrogens with one attached hydrogen (secondary N) is 1.